The first-order chi connectivity index (χ1) is 10.9. The third kappa shape index (κ3) is 2.49. The topological polar surface area (TPSA) is 101 Å². The summed E-state index contributed by atoms with van der Waals surface area (Å²) < 4.78 is 30.7. The Morgan fingerprint density at radius 3 is 2.57 bits per heavy atom. The molecule has 2 heterocycles. The Bertz CT molecular complexity index is 714. The lowest BCUT2D eigenvalue weighted by Crippen LogP contribution is -2.60. The number of hydrogen-bond donors (Lipinski definition) is 1. The number of carboxylic acids is 1. The molecule has 0 bridgehead atoms. The highest BCUT2D eigenvalue weighted by molar-refractivity contribution is 7.96. The van der Waals surface area contributed by atoms with Gasteiger partial charge in [-0.25, -0.2) is 13.2 Å². The Kier molecular flexibility index (Phi) is 4.05. The summed E-state index contributed by atoms with van der Waals surface area (Å²) in [5.74, 6) is -1.66. The van der Waals surface area contributed by atoms with Crippen LogP contribution in [0.2, 0.25) is 0 Å². The van der Waals surface area contributed by atoms with Gasteiger partial charge in [0.2, 0.25) is 5.91 Å². The number of carbonyl (C=O) groups excluding carboxylic acids is 1. The van der Waals surface area contributed by atoms with Crippen molar-refractivity contribution in [2.45, 2.75) is 37.5 Å². The molecule has 2 aliphatic heterocycles. The third-order valence-corrected chi connectivity index (χ3v) is 6.76. The molecule has 0 aromatic heterocycles. The number of nitrogens with zero attached hydrogens (tertiary/aromatic N) is 1. The van der Waals surface area contributed by atoms with Crippen molar-refractivity contribution >= 4 is 21.7 Å². The number of hydrogen-bond acceptors (Lipinski definition) is 5. The third-order valence-electron chi connectivity index (χ3n) is 4.67. The van der Waals surface area contributed by atoms with Crippen LogP contribution < -0.4 is 0 Å². The van der Waals surface area contributed by atoms with Crippen LogP contribution in [0, 0.1) is 5.92 Å². The molecule has 23 heavy (non-hydrogen) atoms. The van der Waals surface area contributed by atoms with Crippen molar-refractivity contribution in [2.24, 2.45) is 5.92 Å². The SMILES string of the molecule is COCC1=C(C(=O)O)N2C(=O)C[C@@H]2S(=O)(=O)/C1=C\C1CCCC1. The van der Waals surface area contributed by atoms with Gasteiger partial charge in [-0.15, -0.1) is 0 Å². The highest BCUT2D eigenvalue weighted by Gasteiger charge is 2.55. The van der Waals surface area contributed by atoms with Crippen LogP contribution in [0.25, 0.3) is 0 Å². The van der Waals surface area contributed by atoms with Gasteiger partial charge in [-0.1, -0.05) is 18.9 Å². The molecule has 1 amide bonds. The first-order valence-corrected chi connectivity index (χ1v) is 9.16. The summed E-state index contributed by atoms with van der Waals surface area (Å²) in [5.41, 5.74) is -0.177. The Hall–Kier alpha value is -1.67. The molecule has 1 aliphatic carbocycles. The standard InChI is InChI=1S/C15H19NO6S/c1-22-8-10-11(6-9-4-2-3-5-9)23(20,21)13-7-12(17)16(13)14(10)15(18)19/h6,9,13H,2-5,7-8H2,1H3,(H,18,19)/b11-6-/t13-/m0/s1. The number of rotatable bonds is 4. The largest absolute Gasteiger partial charge is 0.477 e. The van der Waals surface area contributed by atoms with Gasteiger partial charge in [-0.05, 0) is 18.8 Å². The highest BCUT2D eigenvalue weighted by atomic mass is 32.2. The summed E-state index contributed by atoms with van der Waals surface area (Å²) in [6.45, 7) is -0.157. The van der Waals surface area contributed by atoms with Gasteiger partial charge in [-0.3, -0.25) is 9.69 Å². The van der Waals surface area contributed by atoms with Crippen LogP contribution in [-0.4, -0.2) is 49.4 Å². The van der Waals surface area contributed by atoms with Gasteiger partial charge in [0.15, 0.2) is 15.2 Å². The molecular formula is C15H19NO6S. The molecule has 3 rings (SSSR count). The summed E-state index contributed by atoms with van der Waals surface area (Å²) in [6.07, 6.45) is 5.39. The fourth-order valence-corrected chi connectivity index (χ4v) is 5.57. The molecule has 0 unspecified atom stereocenters. The summed E-state index contributed by atoms with van der Waals surface area (Å²) >= 11 is 0. The Balaban J connectivity index is 2.18. The minimum Gasteiger partial charge on any atom is -0.477 e. The van der Waals surface area contributed by atoms with E-state index in [1.165, 1.54) is 7.11 Å². The Morgan fingerprint density at radius 2 is 2.04 bits per heavy atom. The van der Waals surface area contributed by atoms with Gasteiger partial charge in [0.05, 0.1) is 17.9 Å². The molecule has 1 atom stereocenters. The number of fused-ring (bicyclic) bond motifs is 1. The molecule has 0 aromatic carbocycles. The van der Waals surface area contributed by atoms with Crippen molar-refractivity contribution in [3.63, 3.8) is 0 Å². The maximum atomic E-state index is 12.8. The van der Waals surface area contributed by atoms with E-state index in [9.17, 15) is 23.1 Å². The van der Waals surface area contributed by atoms with E-state index in [0.29, 0.717) is 0 Å². The number of sulfone groups is 1. The van der Waals surface area contributed by atoms with E-state index in [0.717, 1.165) is 30.6 Å². The fourth-order valence-electron chi connectivity index (χ4n) is 3.53. The van der Waals surface area contributed by atoms with Crippen LogP contribution in [0.4, 0.5) is 0 Å². The minimum atomic E-state index is -3.76. The smallest absolute Gasteiger partial charge is 0.353 e. The van der Waals surface area contributed by atoms with Crippen LogP contribution in [0.15, 0.2) is 22.3 Å². The molecule has 1 saturated heterocycles. The zero-order valence-corrected chi connectivity index (χ0v) is 13.6. The highest BCUT2D eigenvalue weighted by Crippen LogP contribution is 2.43. The minimum absolute atomic E-state index is 0.0393. The molecule has 1 saturated carbocycles. The summed E-state index contributed by atoms with van der Waals surface area (Å²) in [5, 5.41) is 8.41. The molecule has 0 radical (unpaired) electrons. The van der Waals surface area contributed by atoms with Crippen LogP contribution in [0.3, 0.4) is 0 Å². The Labute approximate surface area is 134 Å². The van der Waals surface area contributed by atoms with E-state index in [1.54, 1.807) is 6.08 Å². The van der Waals surface area contributed by atoms with Gasteiger partial charge in [0.1, 0.15) is 5.70 Å². The van der Waals surface area contributed by atoms with Crippen molar-refractivity contribution in [3.8, 4) is 0 Å². The normalized spacial score (nSPS) is 28.9. The first kappa shape index (κ1) is 16.2. The molecule has 1 N–H and O–H groups in total. The van der Waals surface area contributed by atoms with E-state index >= 15 is 0 Å². The van der Waals surface area contributed by atoms with Crippen LogP contribution in [0.1, 0.15) is 32.1 Å². The van der Waals surface area contributed by atoms with Gasteiger partial charge in [-0.2, -0.15) is 0 Å². The second kappa shape index (κ2) is 5.76. The van der Waals surface area contributed by atoms with Crippen molar-refractivity contribution in [2.75, 3.05) is 13.7 Å². The summed E-state index contributed by atoms with van der Waals surface area (Å²) in [4.78, 5) is 24.3. The lowest BCUT2D eigenvalue weighted by Gasteiger charge is -2.44. The molecular weight excluding hydrogens is 322 g/mol. The number of carbonyl (C=O) groups is 2. The maximum absolute atomic E-state index is 12.8. The zero-order valence-electron chi connectivity index (χ0n) is 12.8. The van der Waals surface area contributed by atoms with Crippen LogP contribution in [-0.2, 0) is 24.2 Å². The predicted molar refractivity (Wildman–Crippen MR) is 80.7 cm³/mol. The molecule has 2 fully saturated rings. The average Bonchev–Trinajstić information content (AvgIpc) is 2.97. The first-order valence-electron chi connectivity index (χ1n) is 7.61. The molecule has 0 aromatic rings. The maximum Gasteiger partial charge on any atom is 0.353 e. The number of aliphatic carboxylic acids is 1. The number of ether oxygens (including phenoxy) is 1. The second-order valence-electron chi connectivity index (χ2n) is 6.11. The molecule has 126 valence electrons. The number of β-lactam (4-membered cyclic amide) rings is 1. The quantitative estimate of drug-likeness (QED) is 0.767. The van der Waals surface area contributed by atoms with Gasteiger partial charge >= 0.3 is 5.97 Å². The van der Waals surface area contributed by atoms with Crippen molar-refractivity contribution in [3.05, 3.63) is 22.3 Å². The molecule has 0 spiro atoms. The van der Waals surface area contributed by atoms with E-state index in [-0.39, 0.29) is 35.1 Å². The van der Waals surface area contributed by atoms with Crippen LogP contribution >= 0.6 is 0 Å². The van der Waals surface area contributed by atoms with E-state index in [4.69, 9.17) is 4.74 Å². The second-order valence-corrected chi connectivity index (χ2v) is 8.18. The summed E-state index contributed by atoms with van der Waals surface area (Å²) in [6, 6.07) is 0. The molecule has 3 aliphatic rings. The molecule has 7 nitrogen and oxygen atoms in total. The Morgan fingerprint density at radius 1 is 1.39 bits per heavy atom. The number of amides is 1. The number of allylic oxidation sites excluding steroid dienone is 1. The molecule has 8 heteroatoms. The predicted octanol–water partition coefficient (Wildman–Crippen LogP) is 1.03. The van der Waals surface area contributed by atoms with Gasteiger partial charge in [0.25, 0.3) is 0 Å². The average molecular weight is 341 g/mol. The van der Waals surface area contributed by atoms with E-state index in [1.807, 2.05) is 0 Å². The zero-order chi connectivity index (χ0) is 16.8. The lowest BCUT2D eigenvalue weighted by atomic mass is 10.0. The lowest BCUT2D eigenvalue weighted by molar-refractivity contribution is -0.146. The number of methoxy groups -OCH3 is 1. The van der Waals surface area contributed by atoms with E-state index < -0.39 is 27.1 Å². The van der Waals surface area contributed by atoms with Crippen molar-refractivity contribution in [1.29, 1.82) is 0 Å². The number of carboxylic acid groups (broad SMARTS) is 1. The summed E-state index contributed by atoms with van der Waals surface area (Å²) in [7, 11) is -2.39. The van der Waals surface area contributed by atoms with E-state index in [2.05, 4.69) is 0 Å². The van der Waals surface area contributed by atoms with Crippen molar-refractivity contribution < 1.29 is 27.9 Å². The fraction of sp³-hybridized carbons (Fsp3) is 0.600. The van der Waals surface area contributed by atoms with Gasteiger partial charge < -0.3 is 9.84 Å². The van der Waals surface area contributed by atoms with Crippen molar-refractivity contribution in [1.82, 2.24) is 4.90 Å². The monoisotopic (exact) mass is 341 g/mol. The van der Waals surface area contributed by atoms with Gasteiger partial charge in [0, 0.05) is 12.7 Å². The van der Waals surface area contributed by atoms with Crippen LogP contribution in [0.5, 0.6) is 0 Å².